The van der Waals surface area contributed by atoms with Gasteiger partial charge in [0, 0.05) is 12.8 Å². The minimum Gasteiger partial charge on any atom is -0.462 e. The van der Waals surface area contributed by atoms with Gasteiger partial charge >= 0.3 is 25.7 Å². The summed E-state index contributed by atoms with van der Waals surface area (Å²) in [5, 5.41) is 9.79. The Morgan fingerprint density at radius 1 is 0.417 bits per heavy atom. The molecule has 0 amide bonds. The number of aliphatic hydroxyl groups excluding tert-OH is 1. The van der Waals surface area contributed by atoms with Gasteiger partial charge in [-0.25, -0.2) is 4.57 Å². The van der Waals surface area contributed by atoms with E-state index in [1.54, 1.807) is 6.08 Å². The largest absolute Gasteiger partial charge is 0.472 e. The van der Waals surface area contributed by atoms with E-state index in [0.717, 1.165) is 77.0 Å². The van der Waals surface area contributed by atoms with E-state index in [9.17, 15) is 28.9 Å². The van der Waals surface area contributed by atoms with Crippen molar-refractivity contribution in [1.82, 2.24) is 0 Å². The highest BCUT2D eigenvalue weighted by atomic mass is 31.2. The first-order valence-corrected chi connectivity index (χ1v) is 28.9. The second-order valence-corrected chi connectivity index (χ2v) is 19.1. The summed E-state index contributed by atoms with van der Waals surface area (Å²) in [5.74, 6) is -1.70. The quantitative estimate of drug-likeness (QED) is 0.0197. The molecule has 0 fully saturated rings. The second kappa shape index (κ2) is 53.2. The van der Waals surface area contributed by atoms with Crippen LogP contribution in [0.5, 0.6) is 0 Å². The molecule has 0 saturated heterocycles. The normalized spacial score (nSPS) is 14.3. The molecule has 0 spiro atoms. The molecular weight excluding hydrogens is 928 g/mol. The number of phosphoric ester groups is 1. The van der Waals surface area contributed by atoms with Crippen molar-refractivity contribution in [2.24, 2.45) is 0 Å². The monoisotopic (exact) mass is 1020 g/mol. The maximum Gasteiger partial charge on any atom is 0.472 e. The van der Waals surface area contributed by atoms with Crippen LogP contribution in [0.2, 0.25) is 0 Å². The van der Waals surface area contributed by atoms with Gasteiger partial charge in [0.05, 0.1) is 26.2 Å². The standard InChI is InChI=1S/C60H97O11P/c1-4-7-10-13-16-19-22-25-27-28-30-32-34-37-40-43-46-49-58(62)67-53-57(71-60(64)51-48-45-42-39-36-33-29-26-23-20-17-14-11-8-5-2)55-69-72(65,66)68-54-56(52-61)70-59(63)50-47-44-41-38-35-31-24-21-18-15-12-9-6-3/h7-8,10-11,16-17,19-20,25-27,29-30,32,36-37,39-40,45,48,56-57,61H,4-6,9,12-15,18,21-24,28,31,33-35,38,41-44,46-47,49-55H2,1-3H3,(H,65,66)/b10-7-,11-8-,19-16-,20-17-,27-25-,29-26-,32-30-,39-36-,40-37-,48-45-. The average Bonchev–Trinajstić information content (AvgIpc) is 3.37. The van der Waals surface area contributed by atoms with Crippen molar-refractivity contribution in [3.63, 3.8) is 0 Å². The van der Waals surface area contributed by atoms with Gasteiger partial charge in [-0.3, -0.25) is 23.4 Å². The second-order valence-electron chi connectivity index (χ2n) is 17.7. The number of aliphatic hydroxyl groups is 1. The summed E-state index contributed by atoms with van der Waals surface area (Å²) in [5.41, 5.74) is 0. The van der Waals surface area contributed by atoms with Gasteiger partial charge in [0.25, 0.3) is 0 Å². The zero-order valence-electron chi connectivity index (χ0n) is 44.8. The van der Waals surface area contributed by atoms with E-state index in [2.05, 4.69) is 106 Å². The molecular formula is C60H97O11P. The van der Waals surface area contributed by atoms with Crippen molar-refractivity contribution < 1.29 is 52.2 Å². The predicted molar refractivity (Wildman–Crippen MR) is 297 cm³/mol. The fourth-order valence-corrected chi connectivity index (χ4v) is 7.60. The zero-order chi connectivity index (χ0) is 52.7. The van der Waals surface area contributed by atoms with Gasteiger partial charge in [-0.2, -0.15) is 0 Å². The van der Waals surface area contributed by atoms with Gasteiger partial charge in [-0.1, -0.05) is 219 Å². The molecule has 0 aliphatic carbocycles. The SMILES string of the molecule is CC/C=C\C/C=C\C/C=C\C/C=C\C/C=C\CCCC(=O)OCC(COP(=O)(O)OCC(CO)OC(=O)CCCCCCCCCCCCCCC)OC(=O)C/C=C\C/C=C\C/C=C\C/C=C\C/C=C\CC. The summed E-state index contributed by atoms with van der Waals surface area (Å²) in [6.45, 7) is 4.22. The number of ether oxygens (including phenoxy) is 3. The third kappa shape index (κ3) is 50.8. The Balaban J connectivity index is 4.94. The smallest absolute Gasteiger partial charge is 0.462 e. The summed E-state index contributed by atoms with van der Waals surface area (Å²) in [6, 6.07) is 0. The van der Waals surface area contributed by atoms with E-state index in [1.807, 2.05) is 30.4 Å². The molecule has 11 nitrogen and oxygen atoms in total. The number of carbonyl (C=O) groups is 3. The minimum atomic E-state index is -4.79. The Hall–Kier alpha value is -4.12. The van der Waals surface area contributed by atoms with Gasteiger partial charge in [-0.05, 0) is 83.5 Å². The van der Waals surface area contributed by atoms with Crippen LogP contribution >= 0.6 is 7.82 Å². The average molecular weight is 1030 g/mol. The Morgan fingerprint density at radius 3 is 1.21 bits per heavy atom. The maximum atomic E-state index is 12.9. The van der Waals surface area contributed by atoms with Crippen LogP contribution in [0.1, 0.15) is 201 Å². The third-order valence-electron chi connectivity index (χ3n) is 10.9. The van der Waals surface area contributed by atoms with Crippen LogP contribution in [0.4, 0.5) is 0 Å². The molecule has 408 valence electrons. The number of allylic oxidation sites excluding steroid dienone is 19. The molecule has 0 aliphatic rings. The molecule has 0 radical (unpaired) electrons. The molecule has 0 saturated carbocycles. The molecule has 3 unspecified atom stereocenters. The number of unbranched alkanes of at least 4 members (excludes halogenated alkanes) is 13. The highest BCUT2D eigenvalue weighted by Gasteiger charge is 2.28. The van der Waals surface area contributed by atoms with Gasteiger partial charge < -0.3 is 24.2 Å². The van der Waals surface area contributed by atoms with Gasteiger partial charge in [0.15, 0.2) is 6.10 Å². The first-order chi connectivity index (χ1) is 35.2. The fourth-order valence-electron chi connectivity index (χ4n) is 6.82. The Labute approximate surface area is 437 Å². The van der Waals surface area contributed by atoms with Crippen molar-refractivity contribution in [2.45, 2.75) is 213 Å². The summed E-state index contributed by atoms with van der Waals surface area (Å²) in [4.78, 5) is 48.3. The molecule has 0 aliphatic heterocycles. The maximum absolute atomic E-state index is 12.9. The summed E-state index contributed by atoms with van der Waals surface area (Å²) in [6.07, 6.45) is 64.9. The first kappa shape index (κ1) is 67.9. The molecule has 2 N–H and O–H groups in total. The lowest BCUT2D eigenvalue weighted by Gasteiger charge is -2.21. The third-order valence-corrected chi connectivity index (χ3v) is 11.9. The Kier molecular flexibility index (Phi) is 50.1. The molecule has 0 rings (SSSR count). The summed E-state index contributed by atoms with van der Waals surface area (Å²) in [7, 11) is -4.79. The molecule has 3 atom stereocenters. The van der Waals surface area contributed by atoms with Crippen LogP contribution in [-0.4, -0.2) is 66.5 Å². The number of carbonyl (C=O) groups excluding carboxylic acids is 3. The van der Waals surface area contributed by atoms with Crippen molar-refractivity contribution in [3.05, 3.63) is 122 Å². The number of hydrogen-bond acceptors (Lipinski definition) is 10. The summed E-state index contributed by atoms with van der Waals surface area (Å²) >= 11 is 0. The predicted octanol–water partition coefficient (Wildman–Crippen LogP) is 16.0. The van der Waals surface area contributed by atoms with E-state index in [0.29, 0.717) is 25.7 Å². The van der Waals surface area contributed by atoms with Crippen molar-refractivity contribution in [2.75, 3.05) is 26.4 Å². The van der Waals surface area contributed by atoms with Gasteiger partial charge in [0.2, 0.25) is 0 Å². The van der Waals surface area contributed by atoms with Crippen LogP contribution in [0.15, 0.2) is 122 Å². The number of esters is 3. The van der Waals surface area contributed by atoms with E-state index < -0.39 is 64.4 Å². The van der Waals surface area contributed by atoms with Crippen molar-refractivity contribution in [1.29, 1.82) is 0 Å². The first-order valence-electron chi connectivity index (χ1n) is 27.4. The van der Waals surface area contributed by atoms with Gasteiger partial charge in [-0.15, -0.1) is 0 Å². The molecule has 0 aromatic rings. The highest BCUT2D eigenvalue weighted by Crippen LogP contribution is 2.43. The molecule has 0 heterocycles. The van der Waals surface area contributed by atoms with E-state index >= 15 is 0 Å². The van der Waals surface area contributed by atoms with E-state index in [4.69, 9.17) is 23.3 Å². The van der Waals surface area contributed by atoms with Crippen LogP contribution in [0, 0.1) is 0 Å². The molecule has 0 aromatic heterocycles. The lowest BCUT2D eigenvalue weighted by molar-refractivity contribution is -0.160. The highest BCUT2D eigenvalue weighted by molar-refractivity contribution is 7.47. The molecule has 12 heteroatoms. The topological polar surface area (TPSA) is 155 Å². The zero-order valence-corrected chi connectivity index (χ0v) is 45.7. The van der Waals surface area contributed by atoms with Crippen LogP contribution in [-0.2, 0) is 42.2 Å². The summed E-state index contributed by atoms with van der Waals surface area (Å²) < 4.78 is 39.2. The minimum absolute atomic E-state index is 0.0820. The van der Waals surface area contributed by atoms with E-state index in [-0.39, 0.29) is 19.3 Å². The van der Waals surface area contributed by atoms with Gasteiger partial charge in [0.1, 0.15) is 12.7 Å². The Bertz CT molecular complexity index is 1670. The van der Waals surface area contributed by atoms with Crippen LogP contribution in [0.3, 0.4) is 0 Å². The number of hydrogen-bond donors (Lipinski definition) is 2. The van der Waals surface area contributed by atoms with Crippen LogP contribution < -0.4 is 0 Å². The lowest BCUT2D eigenvalue weighted by atomic mass is 10.0. The fraction of sp³-hybridized carbons (Fsp3) is 0.617. The molecule has 72 heavy (non-hydrogen) atoms. The Morgan fingerprint density at radius 2 is 0.778 bits per heavy atom. The van der Waals surface area contributed by atoms with E-state index in [1.165, 1.54) is 57.8 Å². The van der Waals surface area contributed by atoms with Crippen molar-refractivity contribution in [3.8, 4) is 0 Å². The lowest BCUT2D eigenvalue weighted by Crippen LogP contribution is -2.30. The molecule has 0 bridgehead atoms. The number of rotatable bonds is 49. The molecule has 0 aromatic carbocycles. The number of phosphoric acid groups is 1. The van der Waals surface area contributed by atoms with Crippen molar-refractivity contribution >= 4 is 25.7 Å². The van der Waals surface area contributed by atoms with Crippen LogP contribution in [0.25, 0.3) is 0 Å².